The molecule has 7 nitrogen and oxygen atoms in total. The van der Waals surface area contributed by atoms with Crippen molar-refractivity contribution in [3.8, 4) is 0 Å². The van der Waals surface area contributed by atoms with Crippen LogP contribution < -0.4 is 5.32 Å². The second kappa shape index (κ2) is 18.1. The number of aliphatic carboxylic acids is 1. The normalized spacial score (nSPS) is 14.2. The number of aliphatic hydroxyl groups is 1. The van der Waals surface area contributed by atoms with Gasteiger partial charge in [0.1, 0.15) is 6.04 Å². The molecule has 0 aromatic rings. The first-order chi connectivity index (χ1) is 14.2. The molecule has 0 aromatic carbocycles. The topological polar surface area (TPSA) is 127 Å². The van der Waals surface area contributed by atoms with Crippen LogP contribution in [0.15, 0.2) is 0 Å². The number of carbonyl (C=O) groups is 1. The van der Waals surface area contributed by atoms with E-state index < -0.39 is 31.9 Å². The van der Waals surface area contributed by atoms with Crippen LogP contribution in [0.25, 0.3) is 0 Å². The van der Waals surface area contributed by atoms with Crippen LogP contribution in [0.3, 0.4) is 0 Å². The van der Waals surface area contributed by atoms with Crippen LogP contribution >= 0.6 is 7.60 Å². The summed E-state index contributed by atoms with van der Waals surface area (Å²) in [6.07, 6.45) is 13.8. The minimum atomic E-state index is -4.03. The first kappa shape index (κ1) is 29.5. The Hall–Kier alpha value is -0.460. The summed E-state index contributed by atoms with van der Waals surface area (Å²) in [5, 5.41) is 20.5. The van der Waals surface area contributed by atoms with E-state index >= 15 is 0 Å². The van der Waals surface area contributed by atoms with Gasteiger partial charge in [-0.05, 0) is 31.7 Å². The van der Waals surface area contributed by atoms with Crippen molar-refractivity contribution in [2.75, 3.05) is 13.2 Å². The number of carboxylic acid groups (broad SMARTS) is 1. The lowest BCUT2D eigenvalue weighted by Gasteiger charge is -2.18. The summed E-state index contributed by atoms with van der Waals surface area (Å²) in [6, 6.07) is -0.908. The second-order valence-corrected chi connectivity index (χ2v) is 10.8. The fourth-order valence-corrected chi connectivity index (χ4v) is 4.70. The molecule has 0 aliphatic carbocycles. The van der Waals surface area contributed by atoms with Gasteiger partial charge in [0.2, 0.25) is 0 Å². The maximum absolute atomic E-state index is 11.8. The third-order valence-electron chi connectivity index (χ3n) is 5.63. The van der Waals surface area contributed by atoms with Crippen molar-refractivity contribution in [3.63, 3.8) is 0 Å². The zero-order valence-electron chi connectivity index (χ0n) is 19.1. The van der Waals surface area contributed by atoms with Crippen molar-refractivity contribution < 1.29 is 29.4 Å². The van der Waals surface area contributed by atoms with Gasteiger partial charge in [-0.1, -0.05) is 84.5 Å². The van der Waals surface area contributed by atoms with Crippen molar-refractivity contribution in [2.24, 2.45) is 5.92 Å². The van der Waals surface area contributed by atoms with Gasteiger partial charge >= 0.3 is 13.6 Å². The molecule has 0 aromatic heterocycles. The number of rotatable bonds is 21. The second-order valence-electron chi connectivity index (χ2n) is 8.92. The number of hydrogen-bond acceptors (Lipinski definition) is 4. The van der Waals surface area contributed by atoms with Gasteiger partial charge < -0.3 is 25.3 Å². The molecule has 0 saturated heterocycles. The first-order valence-electron chi connectivity index (χ1n) is 11.8. The monoisotopic (exact) mass is 451 g/mol. The van der Waals surface area contributed by atoms with Crippen molar-refractivity contribution in [3.05, 3.63) is 0 Å². The Morgan fingerprint density at radius 1 is 0.800 bits per heavy atom. The third-order valence-corrected chi connectivity index (χ3v) is 7.10. The summed E-state index contributed by atoms with van der Waals surface area (Å²) in [7, 11) is -4.03. The molecule has 0 rings (SSSR count). The van der Waals surface area contributed by atoms with Crippen LogP contribution in [0, 0.1) is 5.92 Å². The molecule has 0 aliphatic heterocycles. The van der Waals surface area contributed by atoms with Crippen molar-refractivity contribution in [1.29, 1.82) is 0 Å². The van der Waals surface area contributed by atoms with Crippen molar-refractivity contribution >= 4 is 13.6 Å². The quantitative estimate of drug-likeness (QED) is 0.127. The first-order valence-corrected chi connectivity index (χ1v) is 13.5. The molecular formula is C22H46NO6P. The third kappa shape index (κ3) is 17.2. The van der Waals surface area contributed by atoms with Gasteiger partial charge in [-0.25, -0.2) is 0 Å². The molecule has 30 heavy (non-hydrogen) atoms. The van der Waals surface area contributed by atoms with E-state index in [2.05, 4.69) is 19.2 Å². The molecule has 8 heteroatoms. The van der Waals surface area contributed by atoms with Gasteiger partial charge in [0.05, 0.1) is 12.3 Å². The van der Waals surface area contributed by atoms with Gasteiger partial charge in [0.25, 0.3) is 0 Å². The predicted molar refractivity (Wildman–Crippen MR) is 122 cm³/mol. The summed E-state index contributed by atoms with van der Waals surface area (Å²) in [4.78, 5) is 30.0. The molecule has 1 unspecified atom stereocenters. The fraction of sp³-hybridized carbons (Fsp3) is 0.955. The van der Waals surface area contributed by atoms with Crippen molar-refractivity contribution in [2.45, 2.75) is 115 Å². The minimum absolute atomic E-state index is 0.419. The Labute approximate surface area is 183 Å². The van der Waals surface area contributed by atoms with Gasteiger partial charge in [-0.15, -0.1) is 0 Å². The Kier molecular flexibility index (Phi) is 17.9. The lowest BCUT2D eigenvalue weighted by molar-refractivity contribution is -0.140. The van der Waals surface area contributed by atoms with Crippen LogP contribution in [0.2, 0.25) is 0 Å². The number of nitrogens with one attached hydrogen (secondary N) is 1. The molecule has 0 radical (unpaired) electrons. The molecule has 0 heterocycles. The molecule has 0 saturated carbocycles. The van der Waals surface area contributed by atoms with Crippen LogP contribution in [-0.4, -0.2) is 50.8 Å². The Morgan fingerprint density at radius 3 is 1.63 bits per heavy atom. The van der Waals surface area contributed by atoms with E-state index in [4.69, 9.17) is 10.2 Å². The van der Waals surface area contributed by atoms with E-state index in [1.807, 2.05) is 0 Å². The average molecular weight is 452 g/mol. The number of unbranched alkanes of at least 4 members (excludes halogenated alkanes) is 9. The van der Waals surface area contributed by atoms with Crippen LogP contribution in [-0.2, 0) is 9.36 Å². The molecule has 180 valence electrons. The van der Waals surface area contributed by atoms with E-state index in [9.17, 15) is 19.1 Å². The smallest absolute Gasteiger partial charge is 0.328 e. The van der Waals surface area contributed by atoms with Gasteiger partial charge in [0.15, 0.2) is 0 Å². The zero-order chi connectivity index (χ0) is 22.8. The maximum atomic E-state index is 11.8. The van der Waals surface area contributed by atoms with Crippen LogP contribution in [0.5, 0.6) is 0 Å². The molecule has 0 spiro atoms. The minimum Gasteiger partial charge on any atom is -0.480 e. The fourth-order valence-electron chi connectivity index (χ4n) is 3.66. The highest BCUT2D eigenvalue weighted by atomic mass is 31.2. The van der Waals surface area contributed by atoms with Crippen molar-refractivity contribution in [1.82, 2.24) is 5.32 Å². The number of aliphatic hydroxyl groups excluding tert-OH is 1. The Morgan fingerprint density at radius 2 is 1.23 bits per heavy atom. The molecule has 0 bridgehead atoms. The lowest BCUT2D eigenvalue weighted by atomic mass is 10.0. The van der Waals surface area contributed by atoms with Gasteiger partial charge in [-0.3, -0.25) is 9.36 Å². The summed E-state index contributed by atoms with van der Waals surface area (Å²) in [6.45, 7) is 4.61. The molecule has 0 amide bonds. The van der Waals surface area contributed by atoms with Crippen LogP contribution in [0.4, 0.5) is 0 Å². The highest BCUT2D eigenvalue weighted by Gasteiger charge is 2.27. The largest absolute Gasteiger partial charge is 0.480 e. The molecule has 5 N–H and O–H groups in total. The predicted octanol–water partition coefficient (Wildman–Crippen LogP) is 4.69. The standard InChI is InChI=1S/C22H46NO6P/c1-19(2)14-10-6-3-4-7-11-15-20(30(27,28)29)16-12-8-5-9-13-17-23-21(18-24)22(25)26/h19-21,23-24H,3-18H2,1-2H3,(H,25,26)(H2,27,28,29)/t20?,21-/m0/s1. The highest BCUT2D eigenvalue weighted by molar-refractivity contribution is 7.52. The average Bonchev–Trinajstić information content (AvgIpc) is 2.65. The lowest BCUT2D eigenvalue weighted by Crippen LogP contribution is -2.40. The molecule has 0 fully saturated rings. The summed E-state index contributed by atoms with van der Waals surface area (Å²) >= 11 is 0. The van der Waals surface area contributed by atoms with E-state index in [1.165, 1.54) is 25.7 Å². The molecular weight excluding hydrogens is 405 g/mol. The Balaban J connectivity index is 3.79. The highest BCUT2D eigenvalue weighted by Crippen LogP contribution is 2.46. The summed E-state index contributed by atoms with van der Waals surface area (Å²) in [5.41, 5.74) is -0.513. The molecule has 0 aliphatic rings. The zero-order valence-corrected chi connectivity index (χ0v) is 20.0. The number of hydrogen-bond donors (Lipinski definition) is 5. The van der Waals surface area contributed by atoms with E-state index in [0.29, 0.717) is 19.4 Å². The summed E-state index contributed by atoms with van der Waals surface area (Å²) in [5.74, 6) is -0.284. The molecule has 2 atom stereocenters. The van der Waals surface area contributed by atoms with Crippen LogP contribution in [0.1, 0.15) is 104 Å². The maximum Gasteiger partial charge on any atom is 0.328 e. The SMILES string of the molecule is CC(C)CCCCCCCCC(CCCCCCCN[C@@H](CO)C(=O)O)P(=O)(O)O. The van der Waals surface area contributed by atoms with E-state index in [-0.39, 0.29) is 0 Å². The Bertz CT molecular complexity index is 469. The summed E-state index contributed by atoms with van der Waals surface area (Å²) < 4.78 is 11.8. The number of carboxylic acids is 1. The van der Waals surface area contributed by atoms with E-state index in [0.717, 1.165) is 57.3 Å². The van der Waals surface area contributed by atoms with E-state index in [1.54, 1.807) is 0 Å². The van der Waals surface area contributed by atoms with Gasteiger partial charge in [-0.2, -0.15) is 0 Å². The van der Waals surface area contributed by atoms with Gasteiger partial charge in [0, 0.05) is 0 Å².